The van der Waals surface area contributed by atoms with Gasteiger partial charge in [0, 0.05) is 39.2 Å². The van der Waals surface area contributed by atoms with Gasteiger partial charge in [0.15, 0.2) is 0 Å². The van der Waals surface area contributed by atoms with Gasteiger partial charge in [-0.25, -0.2) is 0 Å². The minimum Gasteiger partial charge on any atom is -0.118 e. The van der Waals surface area contributed by atoms with Crippen molar-refractivity contribution in [2.75, 3.05) is 23.0 Å². The summed E-state index contributed by atoms with van der Waals surface area (Å²) in [5, 5.41) is 0. The Morgan fingerprint density at radius 2 is 0.580 bits per heavy atom. The SMILES string of the molecule is CCSC1=C(SCC)SC(=C2SC(=C3Sc4ccccc4S3)/C(=C3\SC(=C4SC(SCC)=C(SCC)S4)SC3=C3Sc4ccccc4S3)S2)S1. The van der Waals surface area contributed by atoms with Gasteiger partial charge in [-0.2, -0.15) is 0 Å². The van der Waals surface area contributed by atoms with Crippen LogP contribution in [0.5, 0.6) is 0 Å². The standard InChI is InChI=1S/C34H28S16/c1-5-35-27-28(36-6-2)48-33(47-27)31-43-21(23(45-31)25-39-17-13-9-10-14-18(17)40-25)22-24(26-41-19-15-11-12-16-20(19)42-26)46-32(44-22)34-49-29(37-7-3)30(50-34)38-8-4/h9-16H,5-8H2,1-4H3/b22-21+. The van der Waals surface area contributed by atoms with Gasteiger partial charge < -0.3 is 0 Å². The maximum Gasteiger partial charge on any atom is 0.0717 e. The van der Waals surface area contributed by atoms with Crippen LogP contribution in [0.1, 0.15) is 27.7 Å². The number of benzene rings is 2. The molecule has 0 amide bonds. The van der Waals surface area contributed by atoms with Gasteiger partial charge in [0.05, 0.1) is 42.4 Å². The van der Waals surface area contributed by atoms with Crippen LogP contribution in [0.25, 0.3) is 0 Å². The van der Waals surface area contributed by atoms with Gasteiger partial charge in [0.25, 0.3) is 0 Å². The maximum absolute atomic E-state index is 2.28. The van der Waals surface area contributed by atoms with Gasteiger partial charge in [-0.3, -0.25) is 0 Å². The highest BCUT2D eigenvalue weighted by Gasteiger charge is 2.41. The first-order valence-electron chi connectivity index (χ1n) is 15.6. The van der Waals surface area contributed by atoms with E-state index in [-0.39, 0.29) is 0 Å². The molecule has 0 saturated carbocycles. The number of hydrogen-bond acceptors (Lipinski definition) is 16. The first-order chi connectivity index (χ1) is 24.6. The van der Waals surface area contributed by atoms with Crippen molar-refractivity contribution < 1.29 is 0 Å². The quantitative estimate of drug-likeness (QED) is 0.246. The number of thioether (sulfide) groups is 16. The molecule has 0 nitrogen and oxygen atoms in total. The van der Waals surface area contributed by atoms with Crippen LogP contribution in [-0.4, -0.2) is 23.0 Å². The molecule has 0 bridgehead atoms. The molecule has 2 aromatic rings. The van der Waals surface area contributed by atoms with E-state index in [2.05, 4.69) is 76.2 Å². The zero-order chi connectivity index (χ0) is 34.2. The van der Waals surface area contributed by atoms with Crippen LogP contribution in [0.3, 0.4) is 0 Å². The Morgan fingerprint density at radius 1 is 0.320 bits per heavy atom. The second-order valence-electron chi connectivity index (χ2n) is 10.0. The smallest absolute Gasteiger partial charge is 0.0717 e. The summed E-state index contributed by atoms with van der Waals surface area (Å²) < 4.78 is 14.6. The van der Waals surface area contributed by atoms with E-state index in [9.17, 15) is 0 Å². The van der Waals surface area contributed by atoms with Crippen LogP contribution in [0.4, 0.5) is 0 Å². The Balaban J connectivity index is 1.25. The van der Waals surface area contributed by atoms with Gasteiger partial charge in [0.2, 0.25) is 0 Å². The molecule has 2 aromatic carbocycles. The molecule has 0 aliphatic carbocycles. The summed E-state index contributed by atoms with van der Waals surface area (Å²) in [5.74, 6) is 4.43. The Labute approximate surface area is 364 Å². The van der Waals surface area contributed by atoms with Crippen molar-refractivity contribution in [3.63, 3.8) is 0 Å². The van der Waals surface area contributed by atoms with E-state index in [1.165, 1.54) is 81.6 Å². The minimum absolute atomic E-state index is 1.11. The molecule has 2 fully saturated rings. The molecular weight excluding hydrogens is 921 g/mol. The lowest BCUT2D eigenvalue weighted by Gasteiger charge is -2.08. The van der Waals surface area contributed by atoms with E-state index in [1.807, 2.05) is 188 Å². The number of hydrogen-bond donors (Lipinski definition) is 0. The highest BCUT2D eigenvalue weighted by Crippen LogP contribution is 2.73. The summed E-state index contributed by atoms with van der Waals surface area (Å²) in [6.07, 6.45) is 0. The van der Waals surface area contributed by atoms with Crippen LogP contribution in [0, 0.1) is 0 Å². The molecule has 260 valence electrons. The van der Waals surface area contributed by atoms with Crippen molar-refractivity contribution in [1.29, 1.82) is 0 Å². The molecule has 0 unspecified atom stereocenters. The molecule has 0 aromatic heterocycles. The molecule has 16 heteroatoms. The summed E-state index contributed by atoms with van der Waals surface area (Å²) in [7, 11) is 0. The average Bonchev–Trinajstić information content (AvgIpc) is 3.96. The lowest BCUT2D eigenvalue weighted by molar-refractivity contribution is 1.27. The predicted octanol–water partition coefficient (Wildman–Crippen LogP) is 17.8. The molecule has 0 N–H and O–H groups in total. The lowest BCUT2D eigenvalue weighted by Crippen LogP contribution is -1.85. The number of fused-ring (bicyclic) bond motifs is 2. The summed E-state index contributed by atoms with van der Waals surface area (Å²) in [6, 6.07) is 17.9. The van der Waals surface area contributed by atoms with Crippen LogP contribution < -0.4 is 0 Å². The average molecular weight is 950 g/mol. The monoisotopic (exact) mass is 948 g/mol. The van der Waals surface area contributed by atoms with Crippen LogP contribution in [0.15, 0.2) is 130 Å². The second kappa shape index (κ2) is 18.2. The molecule has 50 heavy (non-hydrogen) atoms. The second-order valence-corrected chi connectivity index (χ2v) is 30.1. The van der Waals surface area contributed by atoms with E-state index in [1.54, 1.807) is 0 Å². The zero-order valence-corrected chi connectivity index (χ0v) is 40.0. The van der Waals surface area contributed by atoms with E-state index in [0.717, 1.165) is 23.0 Å². The van der Waals surface area contributed by atoms with Gasteiger partial charge >= 0.3 is 0 Å². The van der Waals surface area contributed by atoms with E-state index in [4.69, 9.17) is 0 Å². The fraction of sp³-hybridized carbons (Fsp3) is 0.235. The largest absolute Gasteiger partial charge is 0.118 e. The minimum atomic E-state index is 1.11. The highest BCUT2D eigenvalue weighted by atomic mass is 32.3. The molecule has 2 saturated heterocycles. The Bertz CT molecular complexity index is 1730. The summed E-state index contributed by atoms with van der Waals surface area (Å²) >= 11 is 32.0. The highest BCUT2D eigenvalue weighted by molar-refractivity contribution is 8.44. The topological polar surface area (TPSA) is 0 Å². The predicted molar refractivity (Wildman–Crippen MR) is 259 cm³/mol. The summed E-state index contributed by atoms with van der Waals surface area (Å²) in [5.41, 5.74) is 0. The van der Waals surface area contributed by atoms with E-state index >= 15 is 0 Å². The third-order valence-electron chi connectivity index (χ3n) is 6.79. The lowest BCUT2D eigenvalue weighted by atomic mass is 10.4. The Kier molecular flexibility index (Phi) is 14.2. The van der Waals surface area contributed by atoms with Crippen molar-refractivity contribution in [3.8, 4) is 0 Å². The number of rotatable bonds is 8. The normalized spacial score (nSPS) is 22.2. The molecular formula is C34H28S16. The molecule has 6 aliphatic heterocycles. The Hall–Kier alpha value is 2.22. The molecule has 0 atom stereocenters. The molecule has 0 spiro atoms. The Morgan fingerprint density at radius 3 is 0.860 bits per heavy atom. The van der Waals surface area contributed by atoms with Crippen LogP contribution in [-0.2, 0) is 0 Å². The first kappa shape index (κ1) is 39.1. The van der Waals surface area contributed by atoms with Crippen molar-refractivity contribution in [1.82, 2.24) is 0 Å². The van der Waals surface area contributed by atoms with E-state index in [0.29, 0.717) is 0 Å². The summed E-state index contributed by atoms with van der Waals surface area (Å²) in [4.78, 5) is 11.3. The molecule has 0 radical (unpaired) electrons. The van der Waals surface area contributed by atoms with Crippen LogP contribution in [0.2, 0.25) is 0 Å². The van der Waals surface area contributed by atoms with Crippen molar-refractivity contribution >= 4 is 188 Å². The fourth-order valence-electron chi connectivity index (χ4n) is 4.79. The van der Waals surface area contributed by atoms with Crippen molar-refractivity contribution in [2.24, 2.45) is 0 Å². The fourth-order valence-corrected chi connectivity index (χ4v) is 28.0. The van der Waals surface area contributed by atoms with Crippen LogP contribution >= 0.6 is 188 Å². The van der Waals surface area contributed by atoms with Gasteiger partial charge in [-0.1, -0.05) is 193 Å². The molecule has 6 heterocycles. The first-order valence-corrected chi connectivity index (χ1v) is 29.3. The zero-order valence-electron chi connectivity index (χ0n) is 27.0. The maximum atomic E-state index is 2.28. The molecule has 8 rings (SSSR count). The van der Waals surface area contributed by atoms with Crippen molar-refractivity contribution in [2.45, 2.75) is 47.3 Å². The van der Waals surface area contributed by atoms with Gasteiger partial charge in [0.1, 0.15) is 0 Å². The van der Waals surface area contributed by atoms with Gasteiger partial charge in [-0.15, -0.1) is 47.0 Å². The summed E-state index contributed by atoms with van der Waals surface area (Å²) in [6.45, 7) is 9.10. The van der Waals surface area contributed by atoms with Crippen molar-refractivity contribution in [3.05, 3.63) is 111 Å². The molecule has 6 aliphatic rings. The third kappa shape index (κ3) is 8.42. The van der Waals surface area contributed by atoms with Gasteiger partial charge in [-0.05, 0) is 47.3 Å². The van der Waals surface area contributed by atoms with E-state index < -0.39 is 0 Å². The third-order valence-corrected chi connectivity index (χ3v) is 29.4.